The molecule has 0 atom stereocenters. The third-order valence-electron chi connectivity index (χ3n) is 2.40. The van der Waals surface area contributed by atoms with E-state index in [2.05, 4.69) is 15.9 Å². The van der Waals surface area contributed by atoms with Gasteiger partial charge in [0.25, 0.3) is 0 Å². The van der Waals surface area contributed by atoms with Crippen LogP contribution >= 0.6 is 15.9 Å². The number of benzene rings is 1. The Balaban J connectivity index is 2.04. The maximum Gasteiger partial charge on any atom is 0.209 e. The van der Waals surface area contributed by atoms with Crippen molar-refractivity contribution >= 4 is 26.0 Å². The van der Waals surface area contributed by atoms with E-state index >= 15 is 0 Å². The Morgan fingerprint density at radius 2 is 1.78 bits per heavy atom. The molecule has 0 amide bonds. The molecule has 102 valence electrons. The average molecular weight is 336 g/mol. The molecule has 6 heteroatoms. The van der Waals surface area contributed by atoms with E-state index in [0.29, 0.717) is 19.6 Å². The molecule has 4 nitrogen and oxygen atoms in total. The van der Waals surface area contributed by atoms with Gasteiger partial charge in [0, 0.05) is 11.1 Å². The van der Waals surface area contributed by atoms with Gasteiger partial charge in [-0.3, -0.25) is 0 Å². The van der Waals surface area contributed by atoms with Crippen LogP contribution in [0.5, 0.6) is 0 Å². The number of hydrogen-bond acceptors (Lipinski definition) is 3. The first kappa shape index (κ1) is 15.6. The second-order valence-electron chi connectivity index (χ2n) is 4.11. The summed E-state index contributed by atoms with van der Waals surface area (Å²) in [4.78, 5) is 0. The van der Waals surface area contributed by atoms with Gasteiger partial charge in [-0.15, -0.1) is 0 Å². The molecule has 0 saturated heterocycles. The van der Waals surface area contributed by atoms with Gasteiger partial charge in [-0.05, 0) is 30.5 Å². The molecule has 0 aliphatic carbocycles. The molecular formula is C12H18BrNO3S. The average Bonchev–Trinajstić information content (AvgIpc) is 2.29. The molecular weight excluding hydrogens is 318 g/mol. The van der Waals surface area contributed by atoms with Gasteiger partial charge < -0.3 is 4.74 Å². The van der Waals surface area contributed by atoms with Crippen molar-refractivity contribution in [1.29, 1.82) is 0 Å². The van der Waals surface area contributed by atoms with Crippen molar-refractivity contribution in [2.75, 3.05) is 12.4 Å². The van der Waals surface area contributed by atoms with Crippen LogP contribution in [0.3, 0.4) is 0 Å². The molecule has 0 fully saturated rings. The lowest BCUT2D eigenvalue weighted by atomic mass is 10.2. The number of halogens is 1. The fourth-order valence-corrected chi connectivity index (χ4v) is 2.33. The van der Waals surface area contributed by atoms with E-state index in [9.17, 15) is 8.42 Å². The van der Waals surface area contributed by atoms with Gasteiger partial charge in [0.15, 0.2) is 0 Å². The molecule has 1 aromatic carbocycles. The maximum absolute atomic E-state index is 10.7. The van der Waals surface area contributed by atoms with Gasteiger partial charge in [0.05, 0.1) is 12.4 Å². The highest BCUT2D eigenvalue weighted by atomic mass is 79.9. The van der Waals surface area contributed by atoms with E-state index in [-0.39, 0.29) is 5.75 Å². The largest absolute Gasteiger partial charge is 0.377 e. The smallest absolute Gasteiger partial charge is 0.209 e. The van der Waals surface area contributed by atoms with Crippen LogP contribution in [-0.4, -0.2) is 20.8 Å². The second-order valence-corrected chi connectivity index (χ2v) is 6.76. The van der Waals surface area contributed by atoms with E-state index < -0.39 is 10.0 Å². The summed E-state index contributed by atoms with van der Waals surface area (Å²) in [6.07, 6.45) is 2.27. The van der Waals surface area contributed by atoms with Crippen LogP contribution in [0.1, 0.15) is 24.8 Å². The number of nitrogens with two attached hydrogens (primary N) is 1. The van der Waals surface area contributed by atoms with Crippen molar-refractivity contribution in [1.82, 2.24) is 0 Å². The Bertz CT molecular complexity index is 445. The highest BCUT2D eigenvalue weighted by molar-refractivity contribution is 9.10. The summed E-state index contributed by atoms with van der Waals surface area (Å²) in [6.45, 7) is 1.23. The van der Waals surface area contributed by atoms with Gasteiger partial charge in [0.1, 0.15) is 0 Å². The fourth-order valence-electron chi connectivity index (χ4n) is 1.45. The Kier molecular flexibility index (Phi) is 6.85. The van der Waals surface area contributed by atoms with Crippen LogP contribution in [0.25, 0.3) is 0 Å². The minimum Gasteiger partial charge on any atom is -0.377 e. The summed E-state index contributed by atoms with van der Waals surface area (Å²) >= 11 is 3.37. The fraction of sp³-hybridized carbons (Fsp3) is 0.500. The van der Waals surface area contributed by atoms with Crippen molar-refractivity contribution in [2.24, 2.45) is 5.14 Å². The Hall–Kier alpha value is -0.430. The Morgan fingerprint density at radius 3 is 2.39 bits per heavy atom. The molecule has 18 heavy (non-hydrogen) atoms. The molecule has 0 aliphatic rings. The third-order valence-corrected chi connectivity index (χ3v) is 3.79. The molecule has 0 aliphatic heterocycles. The molecule has 0 aromatic heterocycles. The van der Waals surface area contributed by atoms with Crippen molar-refractivity contribution < 1.29 is 13.2 Å². The molecule has 0 saturated carbocycles. The standard InChI is InChI=1S/C12H18BrNO3S/c13-12-6-4-11(5-7-12)10-17-8-2-1-3-9-18(14,15)16/h4-7H,1-3,8-10H2,(H2,14,15,16). The van der Waals surface area contributed by atoms with Crippen molar-refractivity contribution in [3.63, 3.8) is 0 Å². The number of ether oxygens (including phenoxy) is 1. The summed E-state index contributed by atoms with van der Waals surface area (Å²) in [5, 5.41) is 4.90. The Morgan fingerprint density at radius 1 is 1.11 bits per heavy atom. The minimum atomic E-state index is -3.31. The van der Waals surface area contributed by atoms with Crippen molar-refractivity contribution in [3.8, 4) is 0 Å². The topological polar surface area (TPSA) is 69.4 Å². The van der Waals surface area contributed by atoms with E-state index in [1.54, 1.807) is 0 Å². The van der Waals surface area contributed by atoms with Crippen LogP contribution in [-0.2, 0) is 21.4 Å². The highest BCUT2D eigenvalue weighted by Crippen LogP contribution is 2.11. The van der Waals surface area contributed by atoms with Crippen LogP contribution in [0.15, 0.2) is 28.7 Å². The lowest BCUT2D eigenvalue weighted by molar-refractivity contribution is 0.117. The summed E-state index contributed by atoms with van der Waals surface area (Å²) in [6, 6.07) is 7.96. The Labute approximate surface area is 117 Å². The van der Waals surface area contributed by atoms with E-state index in [1.807, 2.05) is 24.3 Å². The number of sulfonamides is 1. The van der Waals surface area contributed by atoms with Crippen LogP contribution in [0.2, 0.25) is 0 Å². The molecule has 0 bridgehead atoms. The van der Waals surface area contributed by atoms with Crippen LogP contribution < -0.4 is 5.14 Å². The normalized spacial score (nSPS) is 11.7. The molecule has 0 unspecified atom stereocenters. The zero-order chi connectivity index (χ0) is 13.4. The summed E-state index contributed by atoms with van der Waals surface area (Å²) in [5.41, 5.74) is 1.13. The zero-order valence-electron chi connectivity index (χ0n) is 10.1. The molecule has 0 radical (unpaired) electrons. The number of hydrogen-bond donors (Lipinski definition) is 1. The second kappa shape index (κ2) is 7.89. The van der Waals surface area contributed by atoms with Gasteiger partial charge in [-0.2, -0.15) is 0 Å². The molecule has 2 N–H and O–H groups in total. The zero-order valence-corrected chi connectivity index (χ0v) is 12.5. The SMILES string of the molecule is NS(=O)(=O)CCCCCOCc1ccc(Br)cc1. The van der Waals surface area contributed by atoms with Gasteiger partial charge in [-0.25, -0.2) is 13.6 Å². The maximum atomic E-state index is 10.7. The van der Waals surface area contributed by atoms with Gasteiger partial charge in [-0.1, -0.05) is 34.5 Å². The lowest BCUT2D eigenvalue weighted by Gasteiger charge is -2.04. The minimum absolute atomic E-state index is 0.0553. The lowest BCUT2D eigenvalue weighted by Crippen LogP contribution is -2.16. The number of rotatable bonds is 8. The first-order chi connectivity index (χ1) is 8.47. The van der Waals surface area contributed by atoms with Crippen LogP contribution in [0, 0.1) is 0 Å². The summed E-state index contributed by atoms with van der Waals surface area (Å²) in [7, 11) is -3.31. The third kappa shape index (κ3) is 7.81. The van der Waals surface area contributed by atoms with E-state index in [0.717, 1.165) is 22.9 Å². The predicted octanol–water partition coefficient (Wildman–Crippen LogP) is 2.42. The molecule has 0 spiro atoms. The summed E-state index contributed by atoms with van der Waals surface area (Å²) < 4.78 is 27.9. The van der Waals surface area contributed by atoms with E-state index in [1.165, 1.54) is 0 Å². The van der Waals surface area contributed by atoms with Crippen molar-refractivity contribution in [3.05, 3.63) is 34.3 Å². The molecule has 1 rings (SSSR count). The van der Waals surface area contributed by atoms with E-state index in [4.69, 9.17) is 9.88 Å². The number of unbranched alkanes of at least 4 members (excludes halogenated alkanes) is 2. The van der Waals surface area contributed by atoms with Crippen LogP contribution in [0.4, 0.5) is 0 Å². The van der Waals surface area contributed by atoms with Gasteiger partial charge in [0.2, 0.25) is 10.0 Å². The summed E-state index contributed by atoms with van der Waals surface area (Å²) in [5.74, 6) is 0.0553. The van der Waals surface area contributed by atoms with Crippen molar-refractivity contribution in [2.45, 2.75) is 25.9 Å². The first-order valence-corrected chi connectivity index (χ1v) is 8.31. The molecule has 1 aromatic rings. The predicted molar refractivity (Wildman–Crippen MR) is 75.6 cm³/mol. The molecule has 0 heterocycles. The first-order valence-electron chi connectivity index (χ1n) is 5.80. The number of primary sulfonamides is 1. The van der Waals surface area contributed by atoms with Gasteiger partial charge >= 0.3 is 0 Å². The quantitative estimate of drug-likeness (QED) is 0.741. The monoisotopic (exact) mass is 335 g/mol. The highest BCUT2D eigenvalue weighted by Gasteiger charge is 2.01.